The van der Waals surface area contributed by atoms with Crippen molar-refractivity contribution in [3.63, 3.8) is 0 Å². The minimum absolute atomic E-state index is 0.0381. The van der Waals surface area contributed by atoms with Crippen LogP contribution in [-0.4, -0.2) is 32.4 Å². The predicted octanol–water partition coefficient (Wildman–Crippen LogP) is 3.35. The average molecular weight is 341 g/mol. The van der Waals surface area contributed by atoms with Crippen molar-refractivity contribution >= 4 is 11.8 Å². The Morgan fingerprint density at radius 3 is 3.04 bits per heavy atom. The third-order valence-corrected chi connectivity index (χ3v) is 4.49. The number of likely N-dealkylation sites (tertiary alicyclic amines) is 1. The molecule has 0 aromatic carbocycles. The summed E-state index contributed by atoms with van der Waals surface area (Å²) in [7, 11) is 1.87. The Hall–Kier alpha value is -3.03. The molecule has 0 radical (unpaired) electrons. The van der Waals surface area contributed by atoms with Crippen LogP contribution in [0.25, 0.3) is 11.3 Å². The largest absolute Gasteiger partial charge is 0.469 e. The standard InChI is InChI=1S/C17H19N5O3/c1-11-13(5-7-24-11)15-8-16(20-25-15)19-17(23)22-6-3-4-14(22)12-9-18-21(2)10-12/h5,7-10,14H,3-4,6H2,1-2H3,(H,19,20,23)/t14-/m1/s1. The van der Waals surface area contributed by atoms with Gasteiger partial charge in [0.05, 0.1) is 24.1 Å². The maximum atomic E-state index is 12.7. The highest BCUT2D eigenvalue weighted by molar-refractivity contribution is 5.89. The van der Waals surface area contributed by atoms with Gasteiger partial charge in [-0.1, -0.05) is 5.16 Å². The van der Waals surface area contributed by atoms with Gasteiger partial charge in [0.1, 0.15) is 5.76 Å². The third-order valence-electron chi connectivity index (χ3n) is 4.49. The first-order valence-corrected chi connectivity index (χ1v) is 8.19. The van der Waals surface area contributed by atoms with Crippen LogP contribution >= 0.6 is 0 Å². The van der Waals surface area contributed by atoms with Crippen molar-refractivity contribution in [2.75, 3.05) is 11.9 Å². The number of aromatic nitrogens is 3. The fourth-order valence-electron chi connectivity index (χ4n) is 3.25. The number of nitrogens with zero attached hydrogens (tertiary/aromatic N) is 4. The first kappa shape index (κ1) is 15.5. The van der Waals surface area contributed by atoms with Crippen LogP contribution < -0.4 is 5.32 Å². The molecule has 1 aliphatic rings. The molecule has 0 saturated carbocycles. The van der Waals surface area contributed by atoms with Crippen LogP contribution in [0.15, 0.2) is 39.7 Å². The molecular weight excluding hydrogens is 322 g/mol. The van der Waals surface area contributed by atoms with E-state index in [1.807, 2.05) is 31.3 Å². The highest BCUT2D eigenvalue weighted by Gasteiger charge is 2.31. The molecule has 0 bridgehead atoms. The molecule has 1 atom stereocenters. The van der Waals surface area contributed by atoms with Crippen molar-refractivity contribution in [2.24, 2.45) is 7.05 Å². The second-order valence-corrected chi connectivity index (χ2v) is 6.20. The SMILES string of the molecule is Cc1occc1-c1cc(NC(=O)N2CCC[C@@H]2c2cnn(C)c2)no1. The van der Waals surface area contributed by atoms with Gasteiger partial charge in [0, 0.05) is 31.4 Å². The Balaban J connectivity index is 1.48. The summed E-state index contributed by atoms with van der Waals surface area (Å²) in [6.07, 6.45) is 7.25. The Kier molecular flexibility index (Phi) is 3.79. The normalized spacial score (nSPS) is 17.2. The highest BCUT2D eigenvalue weighted by Crippen LogP contribution is 2.32. The number of nitrogens with one attached hydrogen (secondary N) is 1. The molecule has 0 aliphatic carbocycles. The Morgan fingerprint density at radius 2 is 2.32 bits per heavy atom. The molecule has 3 aromatic heterocycles. The summed E-state index contributed by atoms with van der Waals surface area (Å²) in [4.78, 5) is 14.5. The summed E-state index contributed by atoms with van der Waals surface area (Å²) in [6, 6.07) is 3.36. The number of furan rings is 1. The first-order chi connectivity index (χ1) is 12.1. The van der Waals surface area contributed by atoms with E-state index in [-0.39, 0.29) is 12.1 Å². The van der Waals surface area contributed by atoms with Gasteiger partial charge in [-0.3, -0.25) is 10.00 Å². The lowest BCUT2D eigenvalue weighted by Gasteiger charge is -2.23. The molecule has 4 heterocycles. The number of hydrogen-bond donors (Lipinski definition) is 1. The summed E-state index contributed by atoms with van der Waals surface area (Å²) in [5.41, 5.74) is 1.87. The molecule has 2 amide bonds. The van der Waals surface area contributed by atoms with Gasteiger partial charge in [-0.05, 0) is 25.8 Å². The topological polar surface area (TPSA) is 89.3 Å². The van der Waals surface area contributed by atoms with Crippen molar-refractivity contribution < 1.29 is 13.7 Å². The lowest BCUT2D eigenvalue weighted by molar-refractivity contribution is 0.207. The minimum atomic E-state index is -0.185. The molecule has 1 fully saturated rings. The van der Waals surface area contributed by atoms with Crippen molar-refractivity contribution in [3.05, 3.63) is 42.1 Å². The second kappa shape index (κ2) is 6.12. The van der Waals surface area contributed by atoms with Gasteiger partial charge in [0.2, 0.25) is 0 Å². The summed E-state index contributed by atoms with van der Waals surface area (Å²) in [5.74, 6) is 1.69. The summed E-state index contributed by atoms with van der Waals surface area (Å²) in [5, 5.41) is 11.0. The summed E-state index contributed by atoms with van der Waals surface area (Å²) in [6.45, 7) is 2.55. The molecule has 1 aliphatic heterocycles. The van der Waals surface area contributed by atoms with Crippen molar-refractivity contribution in [3.8, 4) is 11.3 Å². The van der Waals surface area contributed by atoms with Crippen LogP contribution in [0.1, 0.15) is 30.2 Å². The van der Waals surface area contributed by atoms with Crippen LogP contribution in [0.3, 0.4) is 0 Å². The summed E-state index contributed by atoms with van der Waals surface area (Å²) >= 11 is 0. The predicted molar refractivity (Wildman–Crippen MR) is 89.8 cm³/mol. The quantitative estimate of drug-likeness (QED) is 0.789. The van der Waals surface area contributed by atoms with E-state index in [4.69, 9.17) is 8.94 Å². The molecule has 8 heteroatoms. The van der Waals surface area contributed by atoms with Gasteiger partial charge in [0.25, 0.3) is 0 Å². The van der Waals surface area contributed by atoms with Crippen LogP contribution in [0.2, 0.25) is 0 Å². The average Bonchev–Trinajstić information content (AvgIpc) is 3.33. The van der Waals surface area contributed by atoms with Crippen molar-refractivity contribution in [2.45, 2.75) is 25.8 Å². The van der Waals surface area contributed by atoms with Gasteiger partial charge in [-0.2, -0.15) is 5.10 Å². The third kappa shape index (κ3) is 2.90. The van der Waals surface area contributed by atoms with Crippen LogP contribution in [0.4, 0.5) is 10.6 Å². The Morgan fingerprint density at radius 1 is 1.44 bits per heavy atom. The van der Waals surface area contributed by atoms with Gasteiger partial charge < -0.3 is 13.8 Å². The van der Waals surface area contributed by atoms with E-state index in [0.717, 1.165) is 29.7 Å². The van der Waals surface area contributed by atoms with E-state index in [9.17, 15) is 4.79 Å². The van der Waals surface area contributed by atoms with E-state index in [2.05, 4.69) is 15.6 Å². The Labute approximate surface area is 144 Å². The second-order valence-electron chi connectivity index (χ2n) is 6.20. The van der Waals surface area contributed by atoms with Crippen LogP contribution in [-0.2, 0) is 7.05 Å². The molecule has 0 spiro atoms. The fraction of sp³-hybridized carbons (Fsp3) is 0.353. The van der Waals surface area contributed by atoms with E-state index in [1.54, 1.807) is 23.1 Å². The molecule has 8 nitrogen and oxygen atoms in total. The fourth-order valence-corrected chi connectivity index (χ4v) is 3.25. The molecular formula is C17H19N5O3. The zero-order valence-corrected chi connectivity index (χ0v) is 14.1. The lowest BCUT2D eigenvalue weighted by Crippen LogP contribution is -2.34. The van der Waals surface area contributed by atoms with Gasteiger partial charge in [-0.25, -0.2) is 4.79 Å². The zero-order valence-electron chi connectivity index (χ0n) is 14.1. The Bertz CT molecular complexity index is 894. The number of aryl methyl sites for hydroxylation is 2. The molecule has 130 valence electrons. The number of carbonyl (C=O) groups excluding carboxylic acids is 1. The van der Waals surface area contributed by atoms with Crippen molar-refractivity contribution in [1.82, 2.24) is 19.8 Å². The molecule has 1 saturated heterocycles. The molecule has 0 unspecified atom stereocenters. The van der Waals surface area contributed by atoms with Gasteiger partial charge in [0.15, 0.2) is 11.6 Å². The highest BCUT2D eigenvalue weighted by atomic mass is 16.5. The molecule has 25 heavy (non-hydrogen) atoms. The number of rotatable bonds is 3. The minimum Gasteiger partial charge on any atom is -0.469 e. The number of anilines is 1. The van der Waals surface area contributed by atoms with E-state index >= 15 is 0 Å². The maximum absolute atomic E-state index is 12.7. The van der Waals surface area contributed by atoms with E-state index in [0.29, 0.717) is 18.1 Å². The first-order valence-electron chi connectivity index (χ1n) is 8.19. The number of amides is 2. The molecule has 4 rings (SSSR count). The van der Waals surface area contributed by atoms with Gasteiger partial charge in [-0.15, -0.1) is 0 Å². The van der Waals surface area contributed by atoms with Crippen LogP contribution in [0, 0.1) is 6.92 Å². The molecule has 1 N–H and O–H groups in total. The lowest BCUT2D eigenvalue weighted by atomic mass is 10.1. The maximum Gasteiger partial charge on any atom is 0.323 e. The number of urea groups is 1. The smallest absolute Gasteiger partial charge is 0.323 e. The van der Waals surface area contributed by atoms with Crippen LogP contribution in [0.5, 0.6) is 0 Å². The molecule has 3 aromatic rings. The number of carbonyl (C=O) groups is 1. The summed E-state index contributed by atoms with van der Waals surface area (Å²) < 4.78 is 12.3. The zero-order chi connectivity index (χ0) is 17.4. The van der Waals surface area contributed by atoms with E-state index in [1.165, 1.54) is 0 Å². The number of hydrogen-bond acceptors (Lipinski definition) is 5. The van der Waals surface area contributed by atoms with E-state index < -0.39 is 0 Å². The van der Waals surface area contributed by atoms with Gasteiger partial charge >= 0.3 is 6.03 Å². The van der Waals surface area contributed by atoms with Crippen molar-refractivity contribution in [1.29, 1.82) is 0 Å². The monoisotopic (exact) mass is 341 g/mol.